The zero-order valence-electron chi connectivity index (χ0n) is 15.8. The van der Waals surface area contributed by atoms with Crippen LogP contribution >= 0.6 is 11.6 Å². The highest BCUT2D eigenvalue weighted by molar-refractivity contribution is 7.91. The van der Waals surface area contributed by atoms with Gasteiger partial charge in [0, 0.05) is 17.6 Å². The standard InChI is InChI=1S/C21H24ClNO4S/c1-2-12-27-20-10-6-4-8-18(20)21(24)23(17-11-13-28(25,26)15-17)14-16-7-3-5-9-19(16)22/h3-10,17H,2,11-15H2,1H3. The molecule has 7 heteroatoms. The summed E-state index contributed by atoms with van der Waals surface area (Å²) in [7, 11) is -3.14. The Balaban J connectivity index is 1.95. The lowest BCUT2D eigenvalue weighted by Gasteiger charge is -2.29. The molecule has 3 rings (SSSR count). The monoisotopic (exact) mass is 421 g/mol. The van der Waals surface area contributed by atoms with Crippen LogP contribution in [0.4, 0.5) is 0 Å². The molecule has 1 heterocycles. The van der Waals surface area contributed by atoms with Crippen molar-refractivity contribution in [1.82, 2.24) is 4.90 Å². The Hall–Kier alpha value is -2.05. The molecule has 1 atom stereocenters. The van der Waals surface area contributed by atoms with Crippen LogP contribution in [-0.4, -0.2) is 43.4 Å². The van der Waals surface area contributed by atoms with Gasteiger partial charge in [0.1, 0.15) is 5.75 Å². The topological polar surface area (TPSA) is 63.7 Å². The Kier molecular flexibility index (Phi) is 6.62. The van der Waals surface area contributed by atoms with Crippen molar-refractivity contribution in [2.45, 2.75) is 32.4 Å². The van der Waals surface area contributed by atoms with Crippen molar-refractivity contribution in [2.24, 2.45) is 0 Å². The summed E-state index contributed by atoms with van der Waals surface area (Å²) in [5.74, 6) is 0.340. The third kappa shape index (κ3) is 4.86. The number of carbonyl (C=O) groups excluding carboxylic acids is 1. The van der Waals surface area contributed by atoms with E-state index in [1.807, 2.05) is 31.2 Å². The van der Waals surface area contributed by atoms with Crippen molar-refractivity contribution < 1.29 is 17.9 Å². The van der Waals surface area contributed by atoms with Crippen molar-refractivity contribution in [2.75, 3.05) is 18.1 Å². The Morgan fingerprint density at radius 3 is 2.57 bits per heavy atom. The number of para-hydroxylation sites is 1. The summed E-state index contributed by atoms with van der Waals surface area (Å²) in [5, 5.41) is 0.552. The number of rotatable bonds is 7. The van der Waals surface area contributed by atoms with Gasteiger partial charge in [-0.3, -0.25) is 4.79 Å². The molecule has 2 aromatic carbocycles. The average Bonchev–Trinajstić information content (AvgIpc) is 3.05. The summed E-state index contributed by atoms with van der Waals surface area (Å²) in [5.41, 5.74) is 1.22. The molecular formula is C21H24ClNO4S. The zero-order chi connectivity index (χ0) is 20.1. The normalized spacial score (nSPS) is 18.0. The first-order valence-electron chi connectivity index (χ1n) is 9.38. The molecule has 1 fully saturated rings. The first-order valence-corrected chi connectivity index (χ1v) is 11.6. The van der Waals surface area contributed by atoms with Crippen LogP contribution < -0.4 is 4.74 Å². The molecule has 0 N–H and O–H groups in total. The number of ether oxygens (including phenoxy) is 1. The number of benzene rings is 2. The minimum Gasteiger partial charge on any atom is -0.493 e. The van der Waals surface area contributed by atoms with E-state index in [9.17, 15) is 13.2 Å². The van der Waals surface area contributed by atoms with Crippen LogP contribution in [0.3, 0.4) is 0 Å². The van der Waals surface area contributed by atoms with E-state index >= 15 is 0 Å². The maximum Gasteiger partial charge on any atom is 0.258 e. The first-order chi connectivity index (χ1) is 13.4. The van der Waals surface area contributed by atoms with E-state index in [4.69, 9.17) is 16.3 Å². The zero-order valence-corrected chi connectivity index (χ0v) is 17.4. The van der Waals surface area contributed by atoms with Gasteiger partial charge in [-0.05, 0) is 36.6 Å². The van der Waals surface area contributed by atoms with E-state index in [0.717, 1.165) is 12.0 Å². The maximum absolute atomic E-state index is 13.5. The summed E-state index contributed by atoms with van der Waals surface area (Å²) in [6.45, 7) is 2.75. The smallest absolute Gasteiger partial charge is 0.258 e. The highest BCUT2D eigenvalue weighted by Crippen LogP contribution is 2.28. The molecule has 2 aromatic rings. The second kappa shape index (κ2) is 8.97. The molecule has 1 aliphatic rings. The summed E-state index contributed by atoms with van der Waals surface area (Å²) >= 11 is 6.30. The predicted octanol–water partition coefficient (Wildman–Crippen LogP) is 3.96. The van der Waals surface area contributed by atoms with E-state index in [-0.39, 0.29) is 30.0 Å². The summed E-state index contributed by atoms with van der Waals surface area (Å²) in [4.78, 5) is 15.1. The molecule has 0 bridgehead atoms. The average molecular weight is 422 g/mol. The fraction of sp³-hybridized carbons (Fsp3) is 0.381. The third-order valence-corrected chi connectivity index (χ3v) is 6.91. The number of hydrogen-bond donors (Lipinski definition) is 0. The largest absolute Gasteiger partial charge is 0.493 e. The van der Waals surface area contributed by atoms with Crippen molar-refractivity contribution >= 4 is 27.3 Å². The van der Waals surface area contributed by atoms with Gasteiger partial charge in [-0.15, -0.1) is 0 Å². The number of halogens is 1. The van der Waals surface area contributed by atoms with Crippen molar-refractivity contribution in [3.8, 4) is 5.75 Å². The highest BCUT2D eigenvalue weighted by Gasteiger charge is 2.36. The van der Waals surface area contributed by atoms with Gasteiger partial charge < -0.3 is 9.64 Å². The van der Waals surface area contributed by atoms with Gasteiger partial charge >= 0.3 is 0 Å². The van der Waals surface area contributed by atoms with Crippen LogP contribution in [0.25, 0.3) is 0 Å². The van der Waals surface area contributed by atoms with E-state index in [0.29, 0.717) is 29.4 Å². The Labute approximate surface area is 171 Å². The number of hydrogen-bond acceptors (Lipinski definition) is 4. The van der Waals surface area contributed by atoms with Crippen LogP contribution in [0, 0.1) is 0 Å². The Morgan fingerprint density at radius 1 is 1.18 bits per heavy atom. The molecule has 0 aliphatic carbocycles. The highest BCUT2D eigenvalue weighted by atomic mass is 35.5. The lowest BCUT2D eigenvalue weighted by Crippen LogP contribution is -2.40. The molecule has 1 amide bonds. The minimum absolute atomic E-state index is 0.0266. The SMILES string of the molecule is CCCOc1ccccc1C(=O)N(Cc1ccccc1Cl)C1CCS(=O)(=O)C1. The summed E-state index contributed by atoms with van der Waals surface area (Å²) in [6, 6.07) is 14.0. The van der Waals surface area contributed by atoms with Gasteiger partial charge in [-0.1, -0.05) is 48.9 Å². The van der Waals surface area contributed by atoms with Gasteiger partial charge in [0.2, 0.25) is 0 Å². The predicted molar refractivity (Wildman–Crippen MR) is 111 cm³/mol. The molecular weight excluding hydrogens is 398 g/mol. The van der Waals surface area contributed by atoms with Crippen LogP contribution in [-0.2, 0) is 16.4 Å². The minimum atomic E-state index is -3.14. The lowest BCUT2D eigenvalue weighted by molar-refractivity contribution is 0.0676. The van der Waals surface area contributed by atoms with Gasteiger partial charge in [-0.2, -0.15) is 0 Å². The molecule has 1 saturated heterocycles. The maximum atomic E-state index is 13.5. The fourth-order valence-corrected chi connectivity index (χ4v) is 5.26. The van der Waals surface area contributed by atoms with E-state index in [1.165, 1.54) is 0 Å². The van der Waals surface area contributed by atoms with Crippen molar-refractivity contribution in [3.05, 3.63) is 64.7 Å². The van der Waals surface area contributed by atoms with Gasteiger partial charge in [0.25, 0.3) is 5.91 Å². The fourth-order valence-electron chi connectivity index (χ4n) is 3.33. The van der Waals surface area contributed by atoms with Crippen LogP contribution in [0.5, 0.6) is 5.75 Å². The quantitative estimate of drug-likeness (QED) is 0.678. The Bertz CT molecular complexity index is 945. The second-order valence-electron chi connectivity index (χ2n) is 6.93. The van der Waals surface area contributed by atoms with Crippen LogP contribution in [0.1, 0.15) is 35.7 Å². The molecule has 0 radical (unpaired) electrons. The van der Waals surface area contributed by atoms with E-state index in [1.54, 1.807) is 29.2 Å². The number of sulfone groups is 1. The number of carbonyl (C=O) groups is 1. The Morgan fingerprint density at radius 2 is 1.89 bits per heavy atom. The molecule has 0 spiro atoms. The van der Waals surface area contributed by atoms with Crippen LogP contribution in [0.15, 0.2) is 48.5 Å². The lowest BCUT2D eigenvalue weighted by atomic mass is 10.1. The molecule has 0 saturated carbocycles. The van der Waals surface area contributed by atoms with Crippen LogP contribution in [0.2, 0.25) is 5.02 Å². The second-order valence-corrected chi connectivity index (χ2v) is 9.56. The molecule has 5 nitrogen and oxygen atoms in total. The van der Waals surface area contributed by atoms with Gasteiger partial charge in [0.15, 0.2) is 9.84 Å². The number of amides is 1. The molecule has 1 aliphatic heterocycles. The van der Waals surface area contributed by atoms with E-state index < -0.39 is 9.84 Å². The van der Waals surface area contributed by atoms with Gasteiger partial charge in [0.05, 0.1) is 23.7 Å². The molecule has 28 heavy (non-hydrogen) atoms. The molecule has 1 unspecified atom stereocenters. The molecule has 150 valence electrons. The summed E-state index contributed by atoms with van der Waals surface area (Å²) < 4.78 is 29.8. The van der Waals surface area contributed by atoms with Crippen molar-refractivity contribution in [3.63, 3.8) is 0 Å². The molecule has 0 aromatic heterocycles. The third-order valence-electron chi connectivity index (χ3n) is 4.79. The number of nitrogens with zero attached hydrogens (tertiary/aromatic N) is 1. The van der Waals surface area contributed by atoms with E-state index in [2.05, 4.69) is 0 Å². The van der Waals surface area contributed by atoms with Gasteiger partial charge in [-0.25, -0.2) is 8.42 Å². The van der Waals surface area contributed by atoms with Crippen molar-refractivity contribution in [1.29, 1.82) is 0 Å². The first kappa shape index (κ1) is 20.7. The summed E-state index contributed by atoms with van der Waals surface area (Å²) in [6.07, 6.45) is 1.25.